The van der Waals surface area contributed by atoms with Gasteiger partial charge in [-0.25, -0.2) is 4.98 Å². The lowest BCUT2D eigenvalue weighted by atomic mass is 10.0. The van der Waals surface area contributed by atoms with Crippen LogP contribution >= 0.6 is 27.5 Å². The zero-order chi connectivity index (χ0) is 14.7. The van der Waals surface area contributed by atoms with Crippen LogP contribution in [0.3, 0.4) is 0 Å². The summed E-state index contributed by atoms with van der Waals surface area (Å²) in [7, 11) is 0. The molecule has 1 unspecified atom stereocenters. The number of halogens is 2. The van der Waals surface area contributed by atoms with E-state index in [1.807, 2.05) is 0 Å². The average molecular weight is 358 g/mol. The summed E-state index contributed by atoms with van der Waals surface area (Å²) in [6.45, 7) is 6.82. The van der Waals surface area contributed by atoms with Crippen molar-refractivity contribution in [1.82, 2.24) is 9.55 Å². The second-order valence-electron chi connectivity index (χ2n) is 5.84. The number of benzene rings is 1. The Morgan fingerprint density at radius 3 is 2.65 bits per heavy atom. The van der Waals surface area contributed by atoms with E-state index in [9.17, 15) is 0 Å². The highest BCUT2D eigenvalue weighted by Crippen LogP contribution is 2.27. The van der Waals surface area contributed by atoms with Gasteiger partial charge >= 0.3 is 0 Å². The average Bonchev–Trinajstić information content (AvgIpc) is 2.75. The van der Waals surface area contributed by atoms with Crippen LogP contribution in [0.2, 0.25) is 0 Å². The first-order valence-corrected chi connectivity index (χ1v) is 8.58. The van der Waals surface area contributed by atoms with Crippen LogP contribution in [0.5, 0.6) is 0 Å². The molecular weight excluding hydrogens is 336 g/mol. The Kier molecular flexibility index (Phi) is 5.50. The van der Waals surface area contributed by atoms with Gasteiger partial charge in [-0.1, -0.05) is 42.6 Å². The number of alkyl halides is 1. The molecular formula is C16H22BrClN2. The molecule has 4 heteroatoms. The molecule has 1 aromatic carbocycles. The molecule has 0 spiro atoms. The second-order valence-corrected chi connectivity index (χ2v) is 7.02. The van der Waals surface area contributed by atoms with Crippen LogP contribution in [0.1, 0.15) is 51.9 Å². The summed E-state index contributed by atoms with van der Waals surface area (Å²) < 4.78 is 3.36. The molecule has 0 aliphatic rings. The van der Waals surface area contributed by atoms with Gasteiger partial charge in [0.25, 0.3) is 0 Å². The molecule has 0 aliphatic heterocycles. The van der Waals surface area contributed by atoms with Crippen LogP contribution in [-0.4, -0.2) is 9.55 Å². The van der Waals surface area contributed by atoms with Crippen LogP contribution in [-0.2, 0) is 5.88 Å². The van der Waals surface area contributed by atoms with Crippen LogP contribution in [0.15, 0.2) is 22.7 Å². The number of hydrogen-bond donors (Lipinski definition) is 0. The van der Waals surface area contributed by atoms with Crippen molar-refractivity contribution in [3.05, 3.63) is 28.5 Å². The minimum absolute atomic E-state index is 0.439. The van der Waals surface area contributed by atoms with Crippen molar-refractivity contribution in [3.63, 3.8) is 0 Å². The first kappa shape index (κ1) is 15.8. The van der Waals surface area contributed by atoms with E-state index in [1.54, 1.807) is 0 Å². The topological polar surface area (TPSA) is 17.8 Å². The lowest BCUT2D eigenvalue weighted by Crippen LogP contribution is -2.09. The van der Waals surface area contributed by atoms with E-state index in [4.69, 9.17) is 11.6 Å². The van der Waals surface area contributed by atoms with Crippen molar-refractivity contribution in [2.75, 3.05) is 0 Å². The normalized spacial score (nSPS) is 13.3. The molecule has 20 heavy (non-hydrogen) atoms. The Labute approximate surface area is 134 Å². The van der Waals surface area contributed by atoms with Crippen molar-refractivity contribution < 1.29 is 0 Å². The minimum atomic E-state index is 0.439. The SMILES string of the molecule is CC(C)CCCC(C)n1c(CCl)nc2cc(Br)ccc21. The molecule has 1 heterocycles. The van der Waals surface area contributed by atoms with Crippen molar-refractivity contribution in [1.29, 1.82) is 0 Å². The molecule has 110 valence electrons. The number of nitrogens with zero attached hydrogens (tertiary/aromatic N) is 2. The first-order chi connectivity index (χ1) is 9.52. The van der Waals surface area contributed by atoms with Crippen LogP contribution in [0.4, 0.5) is 0 Å². The van der Waals surface area contributed by atoms with Gasteiger partial charge < -0.3 is 4.57 Å². The van der Waals surface area contributed by atoms with E-state index in [0.717, 1.165) is 21.7 Å². The molecule has 0 N–H and O–H groups in total. The molecule has 1 aromatic heterocycles. The Balaban J connectivity index is 2.27. The largest absolute Gasteiger partial charge is 0.324 e. The third-order valence-electron chi connectivity index (χ3n) is 3.69. The highest BCUT2D eigenvalue weighted by Gasteiger charge is 2.15. The molecule has 0 radical (unpaired) electrons. The van der Waals surface area contributed by atoms with Crippen molar-refractivity contribution in [2.24, 2.45) is 5.92 Å². The standard InChI is InChI=1S/C16H22BrClN2/c1-11(2)5-4-6-12(3)20-15-8-7-13(17)9-14(15)19-16(20)10-18/h7-9,11-12H,4-6,10H2,1-3H3. The fourth-order valence-electron chi connectivity index (χ4n) is 2.66. The summed E-state index contributed by atoms with van der Waals surface area (Å²) in [5.41, 5.74) is 2.20. The van der Waals surface area contributed by atoms with Gasteiger partial charge in [0.15, 0.2) is 0 Å². The zero-order valence-corrected chi connectivity index (χ0v) is 14.7. The number of hydrogen-bond acceptors (Lipinski definition) is 1. The molecule has 0 aliphatic carbocycles. The molecule has 2 rings (SSSR count). The van der Waals surface area contributed by atoms with Gasteiger partial charge in [0.2, 0.25) is 0 Å². The van der Waals surface area contributed by atoms with Gasteiger partial charge in [0.1, 0.15) is 5.82 Å². The molecule has 0 amide bonds. The summed E-state index contributed by atoms with van der Waals surface area (Å²) in [6.07, 6.45) is 3.69. The maximum atomic E-state index is 6.08. The highest BCUT2D eigenvalue weighted by atomic mass is 79.9. The van der Waals surface area contributed by atoms with Gasteiger partial charge in [-0.05, 0) is 37.5 Å². The van der Waals surface area contributed by atoms with Crippen LogP contribution in [0, 0.1) is 5.92 Å². The smallest absolute Gasteiger partial charge is 0.125 e. The van der Waals surface area contributed by atoms with Crippen molar-refractivity contribution in [3.8, 4) is 0 Å². The monoisotopic (exact) mass is 356 g/mol. The molecule has 1 atom stereocenters. The Morgan fingerprint density at radius 2 is 2.00 bits per heavy atom. The van der Waals surface area contributed by atoms with Crippen LogP contribution < -0.4 is 0 Å². The predicted octanol–water partition coefficient (Wildman–Crippen LogP) is 5.92. The fraction of sp³-hybridized carbons (Fsp3) is 0.562. The van der Waals surface area contributed by atoms with E-state index in [1.165, 1.54) is 24.8 Å². The fourth-order valence-corrected chi connectivity index (χ4v) is 3.20. The van der Waals surface area contributed by atoms with E-state index in [2.05, 4.69) is 64.5 Å². The van der Waals surface area contributed by atoms with Gasteiger partial charge in [0.05, 0.1) is 16.9 Å². The molecule has 0 fully saturated rings. The number of fused-ring (bicyclic) bond motifs is 1. The quantitative estimate of drug-likeness (QED) is 0.586. The van der Waals surface area contributed by atoms with E-state index < -0.39 is 0 Å². The lowest BCUT2D eigenvalue weighted by molar-refractivity contribution is 0.447. The number of aromatic nitrogens is 2. The van der Waals surface area contributed by atoms with Gasteiger partial charge in [-0.3, -0.25) is 0 Å². The van der Waals surface area contributed by atoms with E-state index in [0.29, 0.717) is 11.9 Å². The van der Waals surface area contributed by atoms with E-state index in [-0.39, 0.29) is 0 Å². The first-order valence-electron chi connectivity index (χ1n) is 7.25. The van der Waals surface area contributed by atoms with Gasteiger partial charge in [-0.2, -0.15) is 0 Å². The Bertz CT molecular complexity index is 577. The summed E-state index contributed by atoms with van der Waals surface area (Å²) in [6, 6.07) is 6.69. The highest BCUT2D eigenvalue weighted by molar-refractivity contribution is 9.10. The predicted molar refractivity (Wildman–Crippen MR) is 90.4 cm³/mol. The summed E-state index contributed by atoms with van der Waals surface area (Å²) in [5.74, 6) is 2.20. The maximum Gasteiger partial charge on any atom is 0.125 e. The van der Waals surface area contributed by atoms with E-state index >= 15 is 0 Å². The van der Waals surface area contributed by atoms with Gasteiger partial charge in [-0.15, -0.1) is 11.6 Å². The molecule has 0 saturated heterocycles. The van der Waals surface area contributed by atoms with Crippen molar-refractivity contribution in [2.45, 2.75) is 52.0 Å². The minimum Gasteiger partial charge on any atom is -0.324 e. The molecule has 2 aromatic rings. The summed E-state index contributed by atoms with van der Waals surface area (Å²) in [5, 5.41) is 0. The Morgan fingerprint density at radius 1 is 1.25 bits per heavy atom. The Hall–Kier alpha value is -0.540. The van der Waals surface area contributed by atoms with Gasteiger partial charge in [0, 0.05) is 10.5 Å². The maximum absolute atomic E-state index is 6.08. The third kappa shape index (κ3) is 3.56. The molecule has 2 nitrogen and oxygen atoms in total. The number of imidazole rings is 1. The van der Waals surface area contributed by atoms with Crippen LogP contribution in [0.25, 0.3) is 11.0 Å². The lowest BCUT2D eigenvalue weighted by Gasteiger charge is -2.17. The van der Waals surface area contributed by atoms with Crippen molar-refractivity contribution >= 4 is 38.6 Å². The molecule has 0 saturated carbocycles. The molecule has 0 bridgehead atoms. The summed E-state index contributed by atoms with van der Waals surface area (Å²) >= 11 is 9.58. The zero-order valence-electron chi connectivity index (χ0n) is 12.4. The summed E-state index contributed by atoms with van der Waals surface area (Å²) in [4.78, 5) is 4.66. The second kappa shape index (κ2) is 6.95. The number of rotatable bonds is 6. The third-order valence-corrected chi connectivity index (χ3v) is 4.42.